The van der Waals surface area contributed by atoms with Crippen molar-refractivity contribution in [2.24, 2.45) is 0 Å². The molecule has 26 heavy (non-hydrogen) atoms. The van der Waals surface area contributed by atoms with Gasteiger partial charge < -0.3 is 9.32 Å². The Balaban J connectivity index is 1.66. The van der Waals surface area contributed by atoms with E-state index in [1.807, 2.05) is 69.3 Å². The zero-order chi connectivity index (χ0) is 18.5. The number of carbonyl (C=O) groups excluding carboxylic acids is 1. The lowest BCUT2D eigenvalue weighted by atomic mass is 10.1. The summed E-state index contributed by atoms with van der Waals surface area (Å²) < 4.78 is 5.68. The molecule has 0 saturated carbocycles. The van der Waals surface area contributed by atoms with Crippen molar-refractivity contribution in [3.8, 4) is 11.5 Å². The highest BCUT2D eigenvalue weighted by atomic mass is 32.2. The van der Waals surface area contributed by atoms with Crippen molar-refractivity contribution in [1.29, 1.82) is 0 Å². The molecule has 0 N–H and O–H groups in total. The Bertz CT molecular complexity index is 907. The van der Waals surface area contributed by atoms with Crippen molar-refractivity contribution in [2.75, 3.05) is 17.2 Å². The van der Waals surface area contributed by atoms with Gasteiger partial charge in [0.15, 0.2) is 0 Å². The van der Waals surface area contributed by atoms with Crippen LogP contribution in [0, 0.1) is 13.8 Å². The average Bonchev–Trinajstić information content (AvgIpc) is 3.10. The minimum absolute atomic E-state index is 0.0124. The highest BCUT2D eigenvalue weighted by Crippen LogP contribution is 2.25. The number of anilines is 1. The standard InChI is InChI=1S/C20H21N3O2S/c1-4-23(17-10-6-8-15(3)12-17)18(24)13-26-20-22-21-19(25-20)16-9-5-7-14(2)11-16/h5-12H,4,13H2,1-3H3. The van der Waals surface area contributed by atoms with E-state index in [2.05, 4.69) is 10.2 Å². The Morgan fingerprint density at radius 2 is 1.81 bits per heavy atom. The van der Waals surface area contributed by atoms with E-state index in [0.29, 0.717) is 17.7 Å². The molecule has 1 aromatic heterocycles. The van der Waals surface area contributed by atoms with Crippen molar-refractivity contribution in [3.63, 3.8) is 0 Å². The first kappa shape index (κ1) is 18.2. The maximum Gasteiger partial charge on any atom is 0.277 e. The van der Waals surface area contributed by atoms with Crippen LogP contribution in [0.15, 0.2) is 58.2 Å². The Morgan fingerprint density at radius 3 is 2.50 bits per heavy atom. The van der Waals surface area contributed by atoms with E-state index >= 15 is 0 Å². The topological polar surface area (TPSA) is 59.2 Å². The van der Waals surface area contributed by atoms with E-state index in [1.54, 1.807) is 4.90 Å². The zero-order valence-electron chi connectivity index (χ0n) is 15.1. The fourth-order valence-corrected chi connectivity index (χ4v) is 3.30. The first-order valence-corrected chi connectivity index (χ1v) is 9.45. The van der Waals surface area contributed by atoms with Crippen LogP contribution in [0.25, 0.3) is 11.5 Å². The molecule has 0 saturated heterocycles. The number of amides is 1. The third-order valence-electron chi connectivity index (χ3n) is 3.92. The van der Waals surface area contributed by atoms with Gasteiger partial charge >= 0.3 is 0 Å². The van der Waals surface area contributed by atoms with Crippen LogP contribution in [0.1, 0.15) is 18.1 Å². The first-order chi connectivity index (χ1) is 12.6. The molecule has 6 heteroatoms. The molecule has 1 heterocycles. The fraction of sp³-hybridized carbons (Fsp3) is 0.250. The lowest BCUT2D eigenvalue weighted by Gasteiger charge is -2.21. The van der Waals surface area contributed by atoms with Crippen LogP contribution in [-0.2, 0) is 4.79 Å². The number of rotatable bonds is 6. The molecule has 3 aromatic rings. The van der Waals surface area contributed by atoms with E-state index in [4.69, 9.17) is 4.42 Å². The minimum Gasteiger partial charge on any atom is -0.411 e. The van der Waals surface area contributed by atoms with Crippen LogP contribution >= 0.6 is 11.8 Å². The molecule has 0 atom stereocenters. The molecular weight excluding hydrogens is 346 g/mol. The number of benzene rings is 2. The second kappa shape index (κ2) is 8.19. The highest BCUT2D eigenvalue weighted by molar-refractivity contribution is 7.99. The van der Waals surface area contributed by atoms with Crippen molar-refractivity contribution >= 4 is 23.4 Å². The summed E-state index contributed by atoms with van der Waals surface area (Å²) >= 11 is 1.26. The van der Waals surface area contributed by atoms with Gasteiger partial charge in [0.2, 0.25) is 11.8 Å². The Morgan fingerprint density at radius 1 is 1.08 bits per heavy atom. The predicted molar refractivity (Wildman–Crippen MR) is 104 cm³/mol. The second-order valence-electron chi connectivity index (χ2n) is 6.01. The first-order valence-electron chi connectivity index (χ1n) is 8.47. The number of carbonyl (C=O) groups is 1. The third kappa shape index (κ3) is 4.32. The second-order valence-corrected chi connectivity index (χ2v) is 6.93. The SMILES string of the molecule is CCN(C(=O)CSc1nnc(-c2cccc(C)c2)o1)c1cccc(C)c1. The zero-order valence-corrected chi connectivity index (χ0v) is 15.9. The van der Waals surface area contributed by atoms with Crippen LogP contribution in [0.4, 0.5) is 5.69 Å². The highest BCUT2D eigenvalue weighted by Gasteiger charge is 2.17. The van der Waals surface area contributed by atoms with Crippen LogP contribution in [0.3, 0.4) is 0 Å². The molecule has 0 aliphatic carbocycles. The molecule has 2 aromatic carbocycles. The minimum atomic E-state index is 0.0124. The average molecular weight is 367 g/mol. The lowest BCUT2D eigenvalue weighted by molar-refractivity contribution is -0.116. The van der Waals surface area contributed by atoms with Gasteiger partial charge in [0.1, 0.15) is 0 Å². The number of aromatic nitrogens is 2. The summed E-state index contributed by atoms with van der Waals surface area (Å²) in [6, 6.07) is 15.8. The van der Waals surface area contributed by atoms with Crippen molar-refractivity contribution in [1.82, 2.24) is 10.2 Å². The van der Waals surface area contributed by atoms with Crippen LogP contribution in [-0.4, -0.2) is 28.4 Å². The summed E-state index contributed by atoms with van der Waals surface area (Å²) in [5.41, 5.74) is 4.04. The third-order valence-corrected chi connectivity index (χ3v) is 4.72. The molecule has 1 amide bonds. The number of hydrogen-bond donors (Lipinski definition) is 0. The normalized spacial score (nSPS) is 10.7. The number of thioether (sulfide) groups is 1. The van der Waals surface area contributed by atoms with Crippen molar-refractivity contribution in [3.05, 3.63) is 59.7 Å². The van der Waals surface area contributed by atoms with Crippen LogP contribution in [0.5, 0.6) is 0 Å². The van der Waals surface area contributed by atoms with E-state index in [1.165, 1.54) is 11.8 Å². The van der Waals surface area contributed by atoms with E-state index in [9.17, 15) is 4.79 Å². The van der Waals surface area contributed by atoms with Gasteiger partial charge in [-0.05, 0) is 50.6 Å². The predicted octanol–water partition coefficient (Wildman–Crippen LogP) is 4.50. The van der Waals surface area contributed by atoms with Gasteiger partial charge in [0.25, 0.3) is 5.22 Å². The summed E-state index contributed by atoms with van der Waals surface area (Å²) in [5.74, 6) is 0.727. The molecule has 0 aliphatic rings. The van der Waals surface area contributed by atoms with Crippen LogP contribution < -0.4 is 4.90 Å². The van der Waals surface area contributed by atoms with E-state index in [-0.39, 0.29) is 11.7 Å². The van der Waals surface area contributed by atoms with Gasteiger partial charge in [0.05, 0.1) is 5.75 Å². The van der Waals surface area contributed by atoms with Crippen molar-refractivity contribution < 1.29 is 9.21 Å². The summed E-state index contributed by atoms with van der Waals surface area (Å²) in [4.78, 5) is 14.4. The summed E-state index contributed by atoms with van der Waals surface area (Å²) in [6.45, 7) is 6.61. The quantitative estimate of drug-likeness (QED) is 0.601. The summed E-state index contributed by atoms with van der Waals surface area (Å²) in [6.07, 6.45) is 0. The van der Waals surface area contributed by atoms with Gasteiger partial charge in [-0.25, -0.2) is 0 Å². The fourth-order valence-electron chi connectivity index (χ4n) is 2.66. The van der Waals surface area contributed by atoms with Crippen molar-refractivity contribution in [2.45, 2.75) is 26.0 Å². The smallest absolute Gasteiger partial charge is 0.277 e. The molecule has 3 rings (SSSR count). The Labute approximate surface area is 157 Å². The maximum atomic E-state index is 12.6. The molecule has 5 nitrogen and oxygen atoms in total. The number of hydrogen-bond acceptors (Lipinski definition) is 5. The maximum absolute atomic E-state index is 12.6. The Hall–Kier alpha value is -2.60. The summed E-state index contributed by atoms with van der Waals surface area (Å²) in [5, 5.41) is 8.52. The van der Waals surface area contributed by atoms with Gasteiger partial charge in [0, 0.05) is 17.8 Å². The van der Waals surface area contributed by atoms with Gasteiger partial charge in [-0.1, -0.05) is 41.6 Å². The molecule has 0 radical (unpaired) electrons. The van der Waals surface area contributed by atoms with Crippen LogP contribution in [0.2, 0.25) is 0 Å². The molecule has 0 aliphatic heterocycles. The number of nitrogens with zero attached hydrogens (tertiary/aromatic N) is 3. The van der Waals surface area contributed by atoms with E-state index in [0.717, 1.165) is 22.4 Å². The monoisotopic (exact) mass is 367 g/mol. The molecule has 134 valence electrons. The largest absolute Gasteiger partial charge is 0.411 e. The molecule has 0 fully saturated rings. The van der Waals surface area contributed by atoms with Gasteiger partial charge in [-0.15, -0.1) is 10.2 Å². The molecule has 0 bridgehead atoms. The number of aryl methyl sites for hydroxylation is 2. The van der Waals surface area contributed by atoms with Gasteiger partial charge in [-0.3, -0.25) is 4.79 Å². The molecule has 0 unspecified atom stereocenters. The summed E-state index contributed by atoms with van der Waals surface area (Å²) in [7, 11) is 0. The molecular formula is C20H21N3O2S. The van der Waals surface area contributed by atoms with E-state index < -0.39 is 0 Å². The Kier molecular flexibility index (Phi) is 5.73. The lowest BCUT2D eigenvalue weighted by Crippen LogP contribution is -2.32. The molecule has 0 spiro atoms. The van der Waals surface area contributed by atoms with Gasteiger partial charge in [-0.2, -0.15) is 0 Å².